The van der Waals surface area contributed by atoms with Gasteiger partial charge in [-0.15, -0.1) is 0 Å². The molecule has 2 saturated carbocycles. The molecule has 0 bridgehead atoms. The van der Waals surface area contributed by atoms with Crippen LogP contribution in [0.15, 0.2) is 23.3 Å². The molecule has 0 aromatic carbocycles. The summed E-state index contributed by atoms with van der Waals surface area (Å²) in [4.78, 5) is 0. The van der Waals surface area contributed by atoms with E-state index in [9.17, 15) is 0 Å². The third kappa shape index (κ3) is 8.76. The first kappa shape index (κ1) is 27.5. The lowest BCUT2D eigenvalue weighted by molar-refractivity contribution is 0.135. The highest BCUT2D eigenvalue weighted by Crippen LogP contribution is 2.42. The van der Waals surface area contributed by atoms with Crippen molar-refractivity contribution in [1.29, 1.82) is 0 Å². The van der Waals surface area contributed by atoms with Crippen LogP contribution in [0.3, 0.4) is 0 Å². The first-order chi connectivity index (χ1) is 17.2. The van der Waals surface area contributed by atoms with Gasteiger partial charge in [0.2, 0.25) is 0 Å². The van der Waals surface area contributed by atoms with Gasteiger partial charge in [0.05, 0.1) is 13.2 Å². The Hall–Kier alpha value is -0.560. The minimum absolute atomic E-state index is 0.940. The molecule has 0 aromatic heterocycles. The number of hydrogen-bond donors (Lipinski definition) is 0. The molecule has 0 aliphatic heterocycles. The monoisotopic (exact) mass is 482 g/mol. The standard InChI is InChI=1S/C34H58O/c1-3-5-27-7-15-31(16-8-27)33-19-11-29(12-20-33)23-25-35-26-24-30-13-21-34(22-14-30)32-17-9-28(6-4-2)10-18-32/h11,13,27-28,31-34H,3-10,12,14-26H2,1-2H3. The second-order valence-corrected chi connectivity index (χ2v) is 13.0. The van der Waals surface area contributed by atoms with Crippen LogP contribution in [0.5, 0.6) is 0 Å². The van der Waals surface area contributed by atoms with Crippen LogP contribution < -0.4 is 0 Å². The minimum Gasteiger partial charge on any atom is -0.381 e. The van der Waals surface area contributed by atoms with Crippen LogP contribution in [0.2, 0.25) is 0 Å². The molecule has 2 unspecified atom stereocenters. The van der Waals surface area contributed by atoms with Crippen LogP contribution in [0.25, 0.3) is 0 Å². The van der Waals surface area contributed by atoms with Gasteiger partial charge in [-0.1, -0.05) is 88.5 Å². The fraction of sp³-hybridized carbons (Fsp3) is 0.882. The molecule has 0 N–H and O–H groups in total. The van der Waals surface area contributed by atoms with E-state index in [4.69, 9.17) is 4.74 Å². The molecule has 4 rings (SSSR count). The van der Waals surface area contributed by atoms with Crippen molar-refractivity contribution >= 4 is 0 Å². The highest BCUT2D eigenvalue weighted by Gasteiger charge is 2.29. The van der Waals surface area contributed by atoms with Gasteiger partial charge >= 0.3 is 0 Å². The zero-order valence-corrected chi connectivity index (χ0v) is 23.6. The van der Waals surface area contributed by atoms with Gasteiger partial charge in [0, 0.05) is 0 Å². The van der Waals surface area contributed by atoms with E-state index in [0.717, 1.165) is 48.7 Å². The quantitative estimate of drug-likeness (QED) is 0.198. The predicted octanol–water partition coefficient (Wildman–Crippen LogP) is 10.4. The van der Waals surface area contributed by atoms with E-state index in [1.165, 1.54) is 128 Å². The van der Waals surface area contributed by atoms with Crippen LogP contribution in [-0.4, -0.2) is 13.2 Å². The average Bonchev–Trinajstić information content (AvgIpc) is 2.91. The van der Waals surface area contributed by atoms with E-state index in [2.05, 4.69) is 26.0 Å². The fourth-order valence-corrected chi connectivity index (χ4v) is 8.35. The van der Waals surface area contributed by atoms with Crippen molar-refractivity contribution < 1.29 is 4.74 Å². The van der Waals surface area contributed by atoms with Crippen LogP contribution in [0.1, 0.15) is 142 Å². The van der Waals surface area contributed by atoms with Crippen molar-refractivity contribution in [3.8, 4) is 0 Å². The molecule has 200 valence electrons. The molecule has 2 fully saturated rings. The summed E-state index contributed by atoms with van der Waals surface area (Å²) in [5.41, 5.74) is 3.38. The van der Waals surface area contributed by atoms with Crippen molar-refractivity contribution in [3.63, 3.8) is 0 Å². The normalized spacial score (nSPS) is 34.3. The largest absolute Gasteiger partial charge is 0.381 e. The van der Waals surface area contributed by atoms with E-state index in [1.807, 2.05) is 0 Å². The topological polar surface area (TPSA) is 9.23 Å². The van der Waals surface area contributed by atoms with Gasteiger partial charge in [-0.25, -0.2) is 0 Å². The predicted molar refractivity (Wildman–Crippen MR) is 152 cm³/mol. The van der Waals surface area contributed by atoms with Gasteiger partial charge in [0.25, 0.3) is 0 Å². The highest BCUT2D eigenvalue weighted by atomic mass is 16.5. The lowest BCUT2D eigenvalue weighted by Gasteiger charge is -2.35. The summed E-state index contributed by atoms with van der Waals surface area (Å²) in [6.07, 6.45) is 33.7. The Labute approximate surface area is 218 Å². The molecule has 0 amide bonds. The molecule has 0 radical (unpaired) electrons. The summed E-state index contributed by atoms with van der Waals surface area (Å²) in [5, 5.41) is 0. The average molecular weight is 483 g/mol. The molecule has 0 saturated heterocycles. The summed E-state index contributed by atoms with van der Waals surface area (Å²) in [5.74, 6) is 6.10. The van der Waals surface area contributed by atoms with E-state index in [-0.39, 0.29) is 0 Å². The molecule has 35 heavy (non-hydrogen) atoms. The van der Waals surface area contributed by atoms with Gasteiger partial charge < -0.3 is 4.74 Å². The zero-order valence-electron chi connectivity index (χ0n) is 23.6. The second-order valence-electron chi connectivity index (χ2n) is 13.0. The van der Waals surface area contributed by atoms with Gasteiger partial charge in [0.15, 0.2) is 0 Å². The van der Waals surface area contributed by atoms with Crippen molar-refractivity contribution in [2.75, 3.05) is 13.2 Å². The van der Waals surface area contributed by atoms with Gasteiger partial charge in [-0.3, -0.25) is 0 Å². The number of rotatable bonds is 12. The molecule has 4 aliphatic carbocycles. The smallest absolute Gasteiger partial charge is 0.0503 e. The van der Waals surface area contributed by atoms with Crippen LogP contribution >= 0.6 is 0 Å². The molecule has 2 atom stereocenters. The van der Waals surface area contributed by atoms with Crippen molar-refractivity contribution in [1.82, 2.24) is 0 Å². The Morgan fingerprint density at radius 3 is 1.34 bits per heavy atom. The molecule has 0 aromatic rings. The van der Waals surface area contributed by atoms with Gasteiger partial charge in [0.1, 0.15) is 0 Å². The Morgan fingerprint density at radius 1 is 0.571 bits per heavy atom. The van der Waals surface area contributed by atoms with Crippen molar-refractivity contribution in [2.24, 2.45) is 35.5 Å². The third-order valence-corrected chi connectivity index (χ3v) is 10.7. The maximum Gasteiger partial charge on any atom is 0.0503 e. The fourth-order valence-electron chi connectivity index (χ4n) is 8.35. The van der Waals surface area contributed by atoms with Gasteiger partial charge in [-0.05, 0) is 113 Å². The van der Waals surface area contributed by atoms with Crippen molar-refractivity contribution in [3.05, 3.63) is 23.3 Å². The second kappa shape index (κ2) is 15.0. The Morgan fingerprint density at radius 2 is 1.00 bits per heavy atom. The lowest BCUT2D eigenvalue weighted by Crippen LogP contribution is -2.23. The SMILES string of the molecule is CCCC1CCC(C2CC=C(CCOCCC3=CCC(C4CCC(CCC)CC4)CC3)CC2)CC1. The minimum atomic E-state index is 0.940. The van der Waals surface area contributed by atoms with E-state index in [0.29, 0.717) is 0 Å². The molecular formula is C34H58O. The summed E-state index contributed by atoms with van der Waals surface area (Å²) < 4.78 is 6.11. The first-order valence-electron chi connectivity index (χ1n) is 16.2. The van der Waals surface area contributed by atoms with Crippen LogP contribution in [0, 0.1) is 35.5 Å². The maximum absolute atomic E-state index is 6.11. The summed E-state index contributed by atoms with van der Waals surface area (Å²) >= 11 is 0. The van der Waals surface area contributed by atoms with Gasteiger partial charge in [-0.2, -0.15) is 0 Å². The van der Waals surface area contributed by atoms with E-state index in [1.54, 1.807) is 11.1 Å². The molecule has 1 heteroatoms. The third-order valence-electron chi connectivity index (χ3n) is 10.7. The summed E-state index contributed by atoms with van der Waals surface area (Å²) in [6.45, 7) is 6.58. The van der Waals surface area contributed by atoms with Crippen molar-refractivity contribution in [2.45, 2.75) is 142 Å². The Balaban J connectivity index is 1.04. The summed E-state index contributed by atoms with van der Waals surface area (Å²) in [6, 6.07) is 0. The molecule has 4 aliphatic rings. The number of hydrogen-bond acceptors (Lipinski definition) is 1. The molecule has 1 nitrogen and oxygen atoms in total. The Bertz CT molecular complexity index is 588. The van der Waals surface area contributed by atoms with Crippen LogP contribution in [-0.2, 0) is 4.74 Å². The number of allylic oxidation sites excluding steroid dienone is 2. The Kier molecular flexibility index (Phi) is 11.8. The zero-order chi connectivity index (χ0) is 24.3. The van der Waals surface area contributed by atoms with Crippen LogP contribution in [0.4, 0.5) is 0 Å². The lowest BCUT2D eigenvalue weighted by atomic mass is 9.70. The maximum atomic E-state index is 6.11. The first-order valence-corrected chi connectivity index (χ1v) is 16.2. The van der Waals surface area contributed by atoms with E-state index < -0.39 is 0 Å². The molecular weight excluding hydrogens is 424 g/mol. The molecule has 0 spiro atoms. The highest BCUT2D eigenvalue weighted by molar-refractivity contribution is 5.08. The van der Waals surface area contributed by atoms with E-state index >= 15 is 0 Å². The summed E-state index contributed by atoms with van der Waals surface area (Å²) in [7, 11) is 0. The number of ether oxygens (including phenoxy) is 1. The molecule has 0 heterocycles.